The molecule has 0 fully saturated rings. The van der Waals surface area contributed by atoms with E-state index in [9.17, 15) is 0 Å². The number of aliphatic hydroxyl groups excluding tert-OH is 1. The van der Waals surface area contributed by atoms with E-state index in [0.29, 0.717) is 12.0 Å². The highest BCUT2D eigenvalue weighted by Crippen LogP contribution is 2.31. The van der Waals surface area contributed by atoms with Crippen LogP contribution in [0.4, 0.5) is 0 Å². The van der Waals surface area contributed by atoms with E-state index in [-0.39, 0.29) is 6.61 Å². The molecule has 0 saturated carbocycles. The van der Waals surface area contributed by atoms with Gasteiger partial charge in [-0.1, -0.05) is 31.5 Å². The van der Waals surface area contributed by atoms with E-state index < -0.39 is 0 Å². The third-order valence-corrected chi connectivity index (χ3v) is 3.85. The van der Waals surface area contributed by atoms with Crippen molar-refractivity contribution < 1.29 is 9.84 Å². The molecule has 0 spiro atoms. The average molecular weight is 263 g/mol. The third kappa shape index (κ3) is 3.95. The van der Waals surface area contributed by atoms with Gasteiger partial charge >= 0.3 is 0 Å². The average Bonchev–Trinajstić information content (AvgIpc) is 2.45. The molecular weight excluding hydrogens is 238 g/mol. The number of hydrogen-bond acceptors (Lipinski definition) is 3. The molecule has 2 N–H and O–H groups in total. The van der Waals surface area contributed by atoms with Crippen LogP contribution in [0.3, 0.4) is 0 Å². The lowest BCUT2D eigenvalue weighted by Crippen LogP contribution is -2.31. The fourth-order valence-corrected chi connectivity index (χ4v) is 2.80. The Balaban J connectivity index is 1.92. The summed E-state index contributed by atoms with van der Waals surface area (Å²) < 4.78 is 5.68. The molecule has 1 aliphatic heterocycles. The SMILES string of the molecule is CCCC(CCO)CNC1CCOc2ccccc21. The Morgan fingerprint density at radius 1 is 1.37 bits per heavy atom. The smallest absolute Gasteiger partial charge is 0.124 e. The van der Waals surface area contributed by atoms with Crippen LogP contribution in [0.15, 0.2) is 24.3 Å². The maximum absolute atomic E-state index is 9.11. The molecule has 1 heterocycles. The number of ether oxygens (including phenoxy) is 1. The molecule has 0 aliphatic carbocycles. The molecule has 106 valence electrons. The summed E-state index contributed by atoms with van der Waals surface area (Å²) in [6.45, 7) is 4.26. The number of nitrogens with one attached hydrogen (secondary N) is 1. The molecule has 2 rings (SSSR count). The van der Waals surface area contributed by atoms with E-state index >= 15 is 0 Å². The highest BCUT2D eigenvalue weighted by Gasteiger charge is 2.21. The lowest BCUT2D eigenvalue weighted by molar-refractivity contribution is 0.227. The van der Waals surface area contributed by atoms with Gasteiger partial charge in [-0.05, 0) is 31.4 Å². The second-order valence-electron chi connectivity index (χ2n) is 5.30. The first-order chi connectivity index (χ1) is 9.35. The van der Waals surface area contributed by atoms with Crippen molar-refractivity contribution in [1.29, 1.82) is 0 Å². The molecule has 1 aromatic carbocycles. The van der Waals surface area contributed by atoms with E-state index in [4.69, 9.17) is 9.84 Å². The van der Waals surface area contributed by atoms with Crippen LogP contribution in [-0.2, 0) is 0 Å². The summed E-state index contributed by atoms with van der Waals surface area (Å²) in [6, 6.07) is 8.67. The van der Waals surface area contributed by atoms with Gasteiger partial charge in [-0.25, -0.2) is 0 Å². The Kier molecular flexibility index (Phi) is 5.67. The first-order valence-corrected chi connectivity index (χ1v) is 7.41. The van der Waals surface area contributed by atoms with Crippen molar-refractivity contribution in [3.8, 4) is 5.75 Å². The van der Waals surface area contributed by atoms with Crippen LogP contribution in [0.25, 0.3) is 0 Å². The summed E-state index contributed by atoms with van der Waals surface area (Å²) in [5.74, 6) is 1.59. The summed E-state index contributed by atoms with van der Waals surface area (Å²) in [5, 5.41) is 12.8. The van der Waals surface area contributed by atoms with Crippen molar-refractivity contribution >= 4 is 0 Å². The van der Waals surface area contributed by atoms with Crippen LogP contribution >= 0.6 is 0 Å². The number of hydrogen-bond donors (Lipinski definition) is 2. The Labute approximate surface area is 116 Å². The molecule has 0 aromatic heterocycles. The predicted octanol–water partition coefficient (Wildman–Crippen LogP) is 2.90. The van der Waals surface area contributed by atoms with Crippen molar-refractivity contribution in [3.63, 3.8) is 0 Å². The summed E-state index contributed by atoms with van der Waals surface area (Å²) in [6.07, 6.45) is 4.27. The molecule has 1 aliphatic rings. The normalized spacial score (nSPS) is 19.6. The summed E-state index contributed by atoms with van der Waals surface area (Å²) in [7, 11) is 0. The molecular formula is C16H25NO2. The molecule has 19 heavy (non-hydrogen) atoms. The number of benzene rings is 1. The van der Waals surface area contributed by atoms with Crippen molar-refractivity contribution in [3.05, 3.63) is 29.8 Å². The van der Waals surface area contributed by atoms with Crippen molar-refractivity contribution in [2.75, 3.05) is 19.8 Å². The van der Waals surface area contributed by atoms with E-state index in [0.717, 1.165) is 31.7 Å². The Hall–Kier alpha value is -1.06. The summed E-state index contributed by atoms with van der Waals surface area (Å²) in [4.78, 5) is 0. The Morgan fingerprint density at radius 2 is 2.21 bits per heavy atom. The zero-order valence-electron chi connectivity index (χ0n) is 11.8. The minimum absolute atomic E-state index is 0.288. The zero-order chi connectivity index (χ0) is 13.5. The molecule has 0 bridgehead atoms. The maximum Gasteiger partial charge on any atom is 0.124 e. The number of aliphatic hydroxyl groups is 1. The Morgan fingerprint density at radius 3 is 3.00 bits per heavy atom. The standard InChI is InChI=1S/C16H25NO2/c1-2-5-13(8-10-18)12-17-15-9-11-19-16-7-4-3-6-14(15)16/h3-4,6-7,13,15,17-18H,2,5,8-12H2,1H3. The van der Waals surface area contributed by atoms with Gasteiger partial charge in [-0.2, -0.15) is 0 Å². The highest BCUT2D eigenvalue weighted by atomic mass is 16.5. The molecule has 0 amide bonds. The van der Waals surface area contributed by atoms with Crippen molar-refractivity contribution in [2.24, 2.45) is 5.92 Å². The van der Waals surface area contributed by atoms with Gasteiger partial charge in [-0.3, -0.25) is 0 Å². The molecule has 3 heteroatoms. The van der Waals surface area contributed by atoms with Crippen LogP contribution in [0.1, 0.15) is 44.2 Å². The van der Waals surface area contributed by atoms with E-state index in [1.807, 2.05) is 12.1 Å². The first kappa shape index (κ1) is 14.4. The molecule has 0 saturated heterocycles. The fourth-order valence-electron chi connectivity index (χ4n) is 2.80. The monoisotopic (exact) mass is 263 g/mol. The highest BCUT2D eigenvalue weighted by molar-refractivity contribution is 5.37. The van der Waals surface area contributed by atoms with E-state index in [2.05, 4.69) is 24.4 Å². The summed E-state index contributed by atoms with van der Waals surface area (Å²) in [5.41, 5.74) is 1.27. The fraction of sp³-hybridized carbons (Fsp3) is 0.625. The number of fused-ring (bicyclic) bond motifs is 1. The van der Waals surface area contributed by atoms with Gasteiger partial charge in [0.2, 0.25) is 0 Å². The van der Waals surface area contributed by atoms with Crippen LogP contribution in [0.2, 0.25) is 0 Å². The third-order valence-electron chi connectivity index (χ3n) is 3.85. The second-order valence-corrected chi connectivity index (χ2v) is 5.30. The van der Waals surface area contributed by atoms with Gasteiger partial charge in [-0.15, -0.1) is 0 Å². The lowest BCUT2D eigenvalue weighted by atomic mass is 9.97. The van der Waals surface area contributed by atoms with Crippen molar-refractivity contribution in [2.45, 2.75) is 38.6 Å². The molecule has 2 atom stereocenters. The molecule has 0 radical (unpaired) electrons. The quantitative estimate of drug-likeness (QED) is 0.795. The van der Waals surface area contributed by atoms with Crippen LogP contribution < -0.4 is 10.1 Å². The van der Waals surface area contributed by atoms with Gasteiger partial charge in [0.05, 0.1) is 6.61 Å². The van der Waals surface area contributed by atoms with Gasteiger partial charge < -0.3 is 15.2 Å². The van der Waals surface area contributed by atoms with Gasteiger partial charge in [0, 0.05) is 24.6 Å². The zero-order valence-corrected chi connectivity index (χ0v) is 11.8. The maximum atomic E-state index is 9.11. The minimum atomic E-state index is 0.288. The van der Waals surface area contributed by atoms with Gasteiger partial charge in [0.1, 0.15) is 5.75 Å². The van der Waals surface area contributed by atoms with Crippen LogP contribution in [0, 0.1) is 5.92 Å². The lowest BCUT2D eigenvalue weighted by Gasteiger charge is -2.28. The van der Waals surface area contributed by atoms with Gasteiger partial charge in [0.25, 0.3) is 0 Å². The minimum Gasteiger partial charge on any atom is -0.493 e. The van der Waals surface area contributed by atoms with Crippen molar-refractivity contribution in [1.82, 2.24) is 5.32 Å². The predicted molar refractivity (Wildman–Crippen MR) is 77.4 cm³/mol. The van der Waals surface area contributed by atoms with E-state index in [1.54, 1.807) is 0 Å². The largest absolute Gasteiger partial charge is 0.493 e. The van der Waals surface area contributed by atoms with Crippen LogP contribution in [0.5, 0.6) is 5.75 Å². The molecule has 1 aromatic rings. The number of para-hydroxylation sites is 1. The topological polar surface area (TPSA) is 41.5 Å². The van der Waals surface area contributed by atoms with E-state index in [1.165, 1.54) is 18.4 Å². The molecule has 2 unspecified atom stereocenters. The molecule has 3 nitrogen and oxygen atoms in total. The van der Waals surface area contributed by atoms with Gasteiger partial charge in [0.15, 0.2) is 0 Å². The second kappa shape index (κ2) is 7.51. The number of rotatable bonds is 7. The summed E-state index contributed by atoms with van der Waals surface area (Å²) >= 11 is 0. The Bertz CT molecular complexity index is 375. The first-order valence-electron chi connectivity index (χ1n) is 7.41. The van der Waals surface area contributed by atoms with Crippen LogP contribution in [-0.4, -0.2) is 24.9 Å².